The van der Waals surface area contributed by atoms with Crippen LogP contribution in [0.2, 0.25) is 0 Å². The Kier molecular flexibility index (Phi) is 7.54. The van der Waals surface area contributed by atoms with E-state index < -0.39 is 6.10 Å². The summed E-state index contributed by atoms with van der Waals surface area (Å²) in [6, 6.07) is 0. The summed E-state index contributed by atoms with van der Waals surface area (Å²) in [7, 11) is 0. The number of fused-ring (bicyclic) bond motifs is 1. The van der Waals surface area contributed by atoms with E-state index >= 15 is 0 Å². The molecular weight excluding hydrogens is 340 g/mol. The van der Waals surface area contributed by atoms with Crippen LogP contribution < -0.4 is 0 Å². The molecule has 0 bridgehead atoms. The Labute approximate surface area is 165 Å². The molecule has 0 amide bonds. The third-order valence-electron chi connectivity index (χ3n) is 7.48. The molecule has 4 nitrogen and oxygen atoms in total. The number of aliphatic hydroxyl groups is 2. The van der Waals surface area contributed by atoms with Crippen molar-refractivity contribution in [3.05, 3.63) is 11.6 Å². The van der Waals surface area contributed by atoms with E-state index in [1.165, 1.54) is 25.7 Å². The van der Waals surface area contributed by atoms with Crippen LogP contribution in [0, 0.1) is 28.6 Å². The second kappa shape index (κ2) is 9.09. The molecule has 2 aliphatic carbocycles. The highest BCUT2D eigenvalue weighted by atomic mass is 16.6. The number of hydrogen-bond acceptors (Lipinski definition) is 4. The van der Waals surface area contributed by atoms with Crippen LogP contribution in [0.4, 0.5) is 0 Å². The fraction of sp³-hybridized carbons (Fsp3) is 0.870. The van der Waals surface area contributed by atoms with Gasteiger partial charge in [-0.1, -0.05) is 46.3 Å². The molecule has 2 rings (SSSR count). The van der Waals surface area contributed by atoms with E-state index in [1.807, 2.05) is 0 Å². The molecule has 2 unspecified atom stereocenters. The molecule has 0 aromatic heterocycles. The predicted molar refractivity (Wildman–Crippen MR) is 108 cm³/mol. The van der Waals surface area contributed by atoms with E-state index in [0.29, 0.717) is 23.7 Å². The van der Waals surface area contributed by atoms with Crippen LogP contribution in [-0.4, -0.2) is 35.5 Å². The minimum absolute atomic E-state index is 0.220. The average Bonchev–Trinajstić information content (AvgIpc) is 2.61. The van der Waals surface area contributed by atoms with Gasteiger partial charge in [-0.15, -0.1) is 0 Å². The van der Waals surface area contributed by atoms with Crippen molar-refractivity contribution in [2.24, 2.45) is 28.6 Å². The summed E-state index contributed by atoms with van der Waals surface area (Å²) in [5.74, 6) is 1.27. The van der Waals surface area contributed by atoms with Crippen molar-refractivity contribution in [1.82, 2.24) is 0 Å². The zero-order chi connectivity index (χ0) is 20.2. The molecule has 0 saturated heterocycles. The third kappa shape index (κ3) is 5.14. The zero-order valence-corrected chi connectivity index (χ0v) is 18.0. The number of carbonyl (C=O) groups excluding carboxylic acids is 1. The van der Waals surface area contributed by atoms with Crippen LogP contribution in [0.1, 0.15) is 79.6 Å². The number of aliphatic hydroxyl groups excluding tert-OH is 2. The maximum atomic E-state index is 12.0. The molecule has 156 valence electrons. The molecule has 27 heavy (non-hydrogen) atoms. The SMILES string of the molecule is CC(CC[C@]1(C)C2=CCCC(C)(C)C2CC[C@@H]1C)CC(=O)OC(CO)CO. The molecule has 0 radical (unpaired) electrons. The van der Waals surface area contributed by atoms with Crippen molar-refractivity contribution < 1.29 is 19.7 Å². The largest absolute Gasteiger partial charge is 0.457 e. The monoisotopic (exact) mass is 380 g/mol. The summed E-state index contributed by atoms with van der Waals surface area (Å²) >= 11 is 0. The van der Waals surface area contributed by atoms with E-state index in [-0.39, 0.29) is 30.5 Å². The smallest absolute Gasteiger partial charge is 0.306 e. The van der Waals surface area contributed by atoms with Gasteiger partial charge >= 0.3 is 5.97 Å². The van der Waals surface area contributed by atoms with Gasteiger partial charge in [0.15, 0.2) is 0 Å². The van der Waals surface area contributed by atoms with Gasteiger partial charge in [-0.3, -0.25) is 4.79 Å². The molecule has 4 heteroatoms. The number of hydrogen-bond donors (Lipinski definition) is 2. The standard InChI is InChI=1S/C23H40O4/c1-16(13-21(26)27-18(14-24)15-25)10-12-23(5)17(2)8-9-19-20(23)7-6-11-22(19,3)4/h7,16-19,24-25H,6,8-15H2,1-5H3/t16?,17-,19?,23-/m0/s1. The third-order valence-corrected chi connectivity index (χ3v) is 7.48. The fourth-order valence-electron chi connectivity index (χ4n) is 5.22. The van der Waals surface area contributed by atoms with E-state index in [9.17, 15) is 4.79 Å². The quantitative estimate of drug-likeness (QED) is 0.481. The number of rotatable bonds is 8. The van der Waals surface area contributed by atoms with Crippen molar-refractivity contribution in [3.63, 3.8) is 0 Å². The van der Waals surface area contributed by atoms with Crippen LogP contribution in [-0.2, 0) is 9.53 Å². The number of ether oxygens (including phenoxy) is 1. The van der Waals surface area contributed by atoms with Crippen molar-refractivity contribution in [2.75, 3.05) is 13.2 Å². The van der Waals surface area contributed by atoms with Gasteiger partial charge in [-0.2, -0.15) is 0 Å². The highest BCUT2D eigenvalue weighted by Crippen LogP contribution is 2.58. The lowest BCUT2D eigenvalue weighted by Gasteiger charge is -2.53. The van der Waals surface area contributed by atoms with Crippen LogP contribution in [0.3, 0.4) is 0 Å². The van der Waals surface area contributed by atoms with Crippen molar-refractivity contribution >= 4 is 5.97 Å². The molecule has 0 aliphatic heterocycles. The maximum absolute atomic E-state index is 12.0. The average molecular weight is 381 g/mol. The fourth-order valence-corrected chi connectivity index (χ4v) is 5.22. The first kappa shape index (κ1) is 22.4. The Morgan fingerprint density at radius 2 is 1.93 bits per heavy atom. The molecule has 0 heterocycles. The summed E-state index contributed by atoms with van der Waals surface area (Å²) in [6.07, 6.45) is 9.22. The lowest BCUT2D eigenvalue weighted by molar-refractivity contribution is -0.154. The van der Waals surface area contributed by atoms with Crippen molar-refractivity contribution in [1.29, 1.82) is 0 Å². The molecular formula is C23H40O4. The van der Waals surface area contributed by atoms with E-state index in [4.69, 9.17) is 14.9 Å². The topological polar surface area (TPSA) is 66.8 Å². The van der Waals surface area contributed by atoms with Gasteiger partial charge in [-0.05, 0) is 67.1 Å². The lowest BCUT2D eigenvalue weighted by Crippen LogP contribution is -2.43. The molecule has 4 atom stereocenters. The number of allylic oxidation sites excluding steroid dienone is 2. The zero-order valence-electron chi connectivity index (χ0n) is 18.0. The highest BCUT2D eigenvalue weighted by Gasteiger charge is 2.47. The van der Waals surface area contributed by atoms with Crippen LogP contribution in [0.5, 0.6) is 0 Å². The molecule has 2 aliphatic rings. The van der Waals surface area contributed by atoms with Gasteiger partial charge in [-0.25, -0.2) is 0 Å². The predicted octanol–water partition coefficient (Wildman–Crippen LogP) is 4.49. The Balaban J connectivity index is 1.98. The van der Waals surface area contributed by atoms with E-state index in [2.05, 4.69) is 40.7 Å². The summed E-state index contributed by atoms with van der Waals surface area (Å²) in [5, 5.41) is 18.1. The van der Waals surface area contributed by atoms with Crippen molar-refractivity contribution in [3.8, 4) is 0 Å². The summed E-state index contributed by atoms with van der Waals surface area (Å²) in [5.41, 5.74) is 2.29. The number of carbonyl (C=O) groups is 1. The minimum Gasteiger partial charge on any atom is -0.457 e. The minimum atomic E-state index is -0.795. The molecule has 0 spiro atoms. The first-order valence-electron chi connectivity index (χ1n) is 10.8. The second-order valence-corrected chi connectivity index (χ2v) is 9.96. The van der Waals surface area contributed by atoms with Gasteiger partial charge < -0.3 is 14.9 Å². The van der Waals surface area contributed by atoms with E-state index in [0.717, 1.165) is 12.8 Å². The first-order chi connectivity index (χ1) is 12.6. The Bertz CT molecular complexity index is 534. The van der Waals surface area contributed by atoms with Gasteiger partial charge in [0.05, 0.1) is 13.2 Å². The van der Waals surface area contributed by atoms with Gasteiger partial charge in [0.25, 0.3) is 0 Å². The summed E-state index contributed by atoms with van der Waals surface area (Å²) in [6.45, 7) is 11.1. The highest BCUT2D eigenvalue weighted by molar-refractivity contribution is 5.69. The molecule has 0 aromatic carbocycles. The number of esters is 1. The van der Waals surface area contributed by atoms with Crippen LogP contribution in [0.25, 0.3) is 0 Å². The maximum Gasteiger partial charge on any atom is 0.306 e. The Morgan fingerprint density at radius 3 is 2.56 bits per heavy atom. The summed E-state index contributed by atoms with van der Waals surface area (Å²) < 4.78 is 5.12. The first-order valence-corrected chi connectivity index (χ1v) is 10.8. The van der Waals surface area contributed by atoms with Gasteiger partial charge in [0, 0.05) is 6.42 Å². The molecule has 2 N–H and O–H groups in total. The van der Waals surface area contributed by atoms with Gasteiger partial charge in [0.2, 0.25) is 0 Å². The van der Waals surface area contributed by atoms with Crippen LogP contribution >= 0.6 is 0 Å². The Morgan fingerprint density at radius 1 is 1.26 bits per heavy atom. The second-order valence-electron chi connectivity index (χ2n) is 9.96. The molecule has 0 aromatic rings. The van der Waals surface area contributed by atoms with Crippen molar-refractivity contribution in [2.45, 2.75) is 85.7 Å². The van der Waals surface area contributed by atoms with Gasteiger partial charge in [0.1, 0.15) is 6.10 Å². The Hall–Kier alpha value is -0.870. The summed E-state index contributed by atoms with van der Waals surface area (Å²) in [4.78, 5) is 12.0. The van der Waals surface area contributed by atoms with E-state index in [1.54, 1.807) is 5.57 Å². The lowest BCUT2D eigenvalue weighted by atomic mass is 9.52. The molecule has 1 saturated carbocycles. The molecule has 1 fully saturated rings. The van der Waals surface area contributed by atoms with Crippen LogP contribution in [0.15, 0.2) is 11.6 Å². The normalized spacial score (nSPS) is 31.2.